The molecule has 0 aliphatic heterocycles. The smallest absolute Gasteiger partial charge is 0.254 e. The maximum atomic E-state index is 13.3. The minimum atomic E-state index is -2.60. The van der Waals surface area contributed by atoms with Crippen LogP contribution in [0.4, 0.5) is 20.5 Å². The predicted molar refractivity (Wildman–Crippen MR) is 97.8 cm³/mol. The van der Waals surface area contributed by atoms with Crippen molar-refractivity contribution in [1.29, 1.82) is 0 Å². The number of anilines is 2. The van der Waals surface area contributed by atoms with Gasteiger partial charge in [-0.3, -0.25) is 4.79 Å². The number of nitrogens with two attached hydrogens (primary N) is 1. The van der Waals surface area contributed by atoms with E-state index in [-0.39, 0.29) is 42.4 Å². The van der Waals surface area contributed by atoms with E-state index >= 15 is 0 Å². The molecule has 1 heterocycles. The van der Waals surface area contributed by atoms with Gasteiger partial charge in [-0.15, -0.1) is 0 Å². The fourth-order valence-electron chi connectivity index (χ4n) is 3.73. The molecule has 150 valence electrons. The lowest BCUT2D eigenvalue weighted by Crippen LogP contribution is -2.36. The van der Waals surface area contributed by atoms with Gasteiger partial charge in [0.25, 0.3) is 5.91 Å². The van der Waals surface area contributed by atoms with Gasteiger partial charge in [-0.2, -0.15) is 4.98 Å². The van der Waals surface area contributed by atoms with E-state index in [4.69, 9.17) is 5.73 Å². The van der Waals surface area contributed by atoms with Crippen molar-refractivity contribution in [3.05, 3.63) is 11.8 Å². The molecule has 7 nitrogen and oxygen atoms in total. The van der Waals surface area contributed by atoms with Gasteiger partial charge in [0.05, 0.1) is 11.7 Å². The van der Waals surface area contributed by atoms with E-state index in [0.717, 1.165) is 12.8 Å². The predicted octanol–water partition coefficient (Wildman–Crippen LogP) is 2.53. The Hall–Kier alpha value is -2.03. The molecule has 2 fully saturated rings. The van der Waals surface area contributed by atoms with Gasteiger partial charge in [-0.25, -0.2) is 13.8 Å². The third-order valence-corrected chi connectivity index (χ3v) is 5.60. The number of hydrogen-bond acceptors (Lipinski definition) is 6. The molecule has 9 heteroatoms. The normalized spacial score (nSPS) is 28.5. The Kier molecular flexibility index (Phi) is 5.78. The zero-order valence-electron chi connectivity index (χ0n) is 15.4. The summed E-state index contributed by atoms with van der Waals surface area (Å²) in [5.41, 5.74) is 5.59. The molecule has 3 atom stereocenters. The number of primary amides is 1. The van der Waals surface area contributed by atoms with Gasteiger partial charge in [0, 0.05) is 31.1 Å². The minimum Gasteiger partial charge on any atom is -0.393 e. The number of alkyl halides is 2. The molecule has 0 bridgehead atoms. The molecule has 0 saturated heterocycles. The van der Waals surface area contributed by atoms with E-state index < -0.39 is 17.9 Å². The molecule has 5 N–H and O–H groups in total. The van der Waals surface area contributed by atoms with Crippen molar-refractivity contribution in [2.24, 2.45) is 11.7 Å². The quantitative estimate of drug-likeness (QED) is 0.621. The van der Waals surface area contributed by atoms with E-state index in [1.54, 1.807) is 0 Å². The SMILES string of the molecule is C[C@@H]1CC[C@@H](Nc2nc(NC3CCC(F)(F)CC3)ncc2C(N)=O)C[C@H]1O. The molecule has 3 rings (SSSR count). The average molecular weight is 383 g/mol. The number of rotatable bonds is 5. The maximum Gasteiger partial charge on any atom is 0.254 e. The van der Waals surface area contributed by atoms with Crippen LogP contribution in [0.25, 0.3) is 0 Å². The molecule has 2 aliphatic rings. The average Bonchev–Trinajstić information content (AvgIpc) is 2.60. The maximum absolute atomic E-state index is 13.3. The van der Waals surface area contributed by atoms with Crippen LogP contribution in [0.1, 0.15) is 62.2 Å². The van der Waals surface area contributed by atoms with Crippen LogP contribution in [-0.4, -0.2) is 45.1 Å². The van der Waals surface area contributed by atoms with Crippen molar-refractivity contribution in [2.45, 2.75) is 76.0 Å². The molecular weight excluding hydrogens is 356 g/mol. The lowest BCUT2D eigenvalue weighted by atomic mass is 9.85. The summed E-state index contributed by atoms with van der Waals surface area (Å²) in [6.45, 7) is 2.01. The number of nitrogens with one attached hydrogen (secondary N) is 2. The van der Waals surface area contributed by atoms with E-state index in [1.165, 1.54) is 6.20 Å². The number of hydrogen-bond donors (Lipinski definition) is 4. The molecule has 0 aromatic carbocycles. The first-order valence-corrected chi connectivity index (χ1v) is 9.49. The van der Waals surface area contributed by atoms with Gasteiger partial charge in [0.2, 0.25) is 11.9 Å². The number of carbonyl (C=O) groups excluding carboxylic acids is 1. The zero-order chi connectivity index (χ0) is 19.6. The largest absolute Gasteiger partial charge is 0.393 e. The standard InChI is InChI=1S/C18H27F2N5O2/c1-10-2-3-12(8-14(10)26)23-16-13(15(21)27)9-22-17(25-16)24-11-4-6-18(19,20)7-5-11/h9-12,14,26H,2-8H2,1H3,(H2,21,27)(H2,22,23,24,25)/t10-,12-,14-/m1/s1. The fraction of sp³-hybridized carbons (Fsp3) is 0.722. The number of amides is 1. The summed E-state index contributed by atoms with van der Waals surface area (Å²) in [5.74, 6) is -2.41. The second-order valence-electron chi connectivity index (χ2n) is 7.79. The second-order valence-corrected chi connectivity index (χ2v) is 7.79. The summed E-state index contributed by atoms with van der Waals surface area (Å²) in [6.07, 6.45) is 3.57. The molecule has 27 heavy (non-hydrogen) atoms. The van der Waals surface area contributed by atoms with Crippen LogP contribution in [0.5, 0.6) is 0 Å². The summed E-state index contributed by atoms with van der Waals surface area (Å²) >= 11 is 0. The lowest BCUT2D eigenvalue weighted by Gasteiger charge is -2.32. The number of aromatic nitrogens is 2. The Bertz CT molecular complexity index is 678. The molecule has 1 aromatic heterocycles. The molecule has 1 aromatic rings. The highest BCUT2D eigenvalue weighted by molar-refractivity contribution is 5.97. The van der Waals surface area contributed by atoms with Crippen molar-refractivity contribution < 1.29 is 18.7 Å². The van der Waals surface area contributed by atoms with Crippen LogP contribution in [-0.2, 0) is 0 Å². The first kappa shape index (κ1) is 19.7. The Morgan fingerprint density at radius 1 is 1.22 bits per heavy atom. The van der Waals surface area contributed by atoms with Gasteiger partial charge in [-0.1, -0.05) is 6.92 Å². The zero-order valence-corrected chi connectivity index (χ0v) is 15.4. The number of aliphatic hydroxyl groups excluding tert-OH is 1. The first-order chi connectivity index (χ1) is 12.7. The van der Waals surface area contributed by atoms with Gasteiger partial charge in [0.15, 0.2) is 0 Å². The van der Waals surface area contributed by atoms with Crippen molar-refractivity contribution in [1.82, 2.24) is 9.97 Å². The molecule has 1 amide bonds. The van der Waals surface area contributed by atoms with E-state index in [2.05, 4.69) is 20.6 Å². The molecular formula is C18H27F2N5O2. The monoisotopic (exact) mass is 383 g/mol. The van der Waals surface area contributed by atoms with Crippen LogP contribution in [0.15, 0.2) is 6.20 Å². The van der Waals surface area contributed by atoms with Crippen molar-refractivity contribution in [3.63, 3.8) is 0 Å². The Morgan fingerprint density at radius 3 is 2.56 bits per heavy atom. The molecule has 2 aliphatic carbocycles. The van der Waals surface area contributed by atoms with Crippen LogP contribution >= 0.6 is 0 Å². The number of halogens is 2. The van der Waals surface area contributed by atoms with Gasteiger partial charge in [0.1, 0.15) is 5.82 Å². The molecule has 0 radical (unpaired) electrons. The van der Waals surface area contributed by atoms with E-state index in [1.807, 2.05) is 6.92 Å². The Morgan fingerprint density at radius 2 is 1.93 bits per heavy atom. The Labute approximate surface area is 157 Å². The summed E-state index contributed by atoms with van der Waals surface area (Å²) in [4.78, 5) is 20.2. The highest BCUT2D eigenvalue weighted by Crippen LogP contribution is 2.34. The topological polar surface area (TPSA) is 113 Å². The third-order valence-electron chi connectivity index (χ3n) is 5.60. The van der Waals surface area contributed by atoms with Crippen LogP contribution in [0.2, 0.25) is 0 Å². The van der Waals surface area contributed by atoms with Crippen molar-refractivity contribution in [3.8, 4) is 0 Å². The van der Waals surface area contributed by atoms with Crippen LogP contribution in [0.3, 0.4) is 0 Å². The van der Waals surface area contributed by atoms with Gasteiger partial charge in [-0.05, 0) is 38.0 Å². The second kappa shape index (κ2) is 7.92. The number of aliphatic hydroxyl groups is 1. The minimum absolute atomic E-state index is 0.0228. The van der Waals surface area contributed by atoms with Gasteiger partial charge < -0.3 is 21.5 Å². The van der Waals surface area contributed by atoms with Crippen molar-refractivity contribution in [2.75, 3.05) is 10.6 Å². The van der Waals surface area contributed by atoms with E-state index in [0.29, 0.717) is 25.1 Å². The summed E-state index contributed by atoms with van der Waals surface area (Å²) in [7, 11) is 0. The highest BCUT2D eigenvalue weighted by atomic mass is 19.3. The lowest BCUT2D eigenvalue weighted by molar-refractivity contribution is -0.0361. The Balaban J connectivity index is 1.70. The van der Waals surface area contributed by atoms with Gasteiger partial charge >= 0.3 is 0 Å². The molecule has 2 saturated carbocycles. The van der Waals surface area contributed by atoms with E-state index in [9.17, 15) is 18.7 Å². The molecule has 0 unspecified atom stereocenters. The van der Waals surface area contributed by atoms with Crippen LogP contribution in [0, 0.1) is 5.92 Å². The summed E-state index contributed by atoms with van der Waals surface area (Å²) in [5, 5.41) is 16.4. The first-order valence-electron chi connectivity index (χ1n) is 9.49. The molecule has 0 spiro atoms. The highest BCUT2D eigenvalue weighted by Gasteiger charge is 2.35. The number of carbonyl (C=O) groups is 1. The van der Waals surface area contributed by atoms with Crippen molar-refractivity contribution >= 4 is 17.7 Å². The van der Waals surface area contributed by atoms with Crippen LogP contribution < -0.4 is 16.4 Å². The third kappa shape index (κ3) is 5.03. The summed E-state index contributed by atoms with van der Waals surface area (Å²) in [6, 6.07) is -0.153. The summed E-state index contributed by atoms with van der Waals surface area (Å²) < 4.78 is 26.6. The number of nitrogens with zero attached hydrogens (tertiary/aromatic N) is 2. The fourth-order valence-corrected chi connectivity index (χ4v) is 3.73.